The van der Waals surface area contributed by atoms with Crippen LogP contribution < -0.4 is 5.32 Å². The summed E-state index contributed by atoms with van der Waals surface area (Å²) in [5.41, 5.74) is 0. The van der Waals surface area contributed by atoms with E-state index in [0.29, 0.717) is 23.9 Å². The highest BCUT2D eigenvalue weighted by molar-refractivity contribution is 7.47. The van der Waals surface area contributed by atoms with Crippen molar-refractivity contribution in [1.82, 2.24) is 5.32 Å². The Kier molecular flexibility index (Phi) is 46.7. The zero-order valence-corrected chi connectivity index (χ0v) is 46.0. The Balaban J connectivity index is 5.41. The van der Waals surface area contributed by atoms with Gasteiger partial charge in [-0.15, -0.1) is 0 Å². The number of quaternary nitrogens is 1. The van der Waals surface area contributed by atoms with E-state index in [2.05, 4.69) is 74.7 Å². The van der Waals surface area contributed by atoms with E-state index in [1.165, 1.54) is 122 Å². The molecule has 3 atom stereocenters. The van der Waals surface area contributed by atoms with Crippen LogP contribution in [0.15, 0.2) is 60.8 Å². The van der Waals surface area contributed by atoms with Gasteiger partial charge in [0.2, 0.25) is 5.91 Å². The van der Waals surface area contributed by atoms with Crippen LogP contribution in [0.3, 0.4) is 0 Å². The summed E-state index contributed by atoms with van der Waals surface area (Å²) in [6.45, 7) is 6.93. The second-order valence-corrected chi connectivity index (χ2v) is 21.6. The van der Waals surface area contributed by atoms with Gasteiger partial charge in [-0.05, 0) is 83.1 Å². The van der Waals surface area contributed by atoms with Gasteiger partial charge in [-0.25, -0.2) is 4.57 Å². The lowest BCUT2D eigenvalue weighted by Gasteiger charge is -2.27. The molecule has 0 heterocycles. The topological polar surface area (TPSA) is 111 Å². The van der Waals surface area contributed by atoms with Crippen LogP contribution in [0.25, 0.3) is 0 Å². The van der Waals surface area contributed by atoms with Crippen LogP contribution >= 0.6 is 7.82 Å². The lowest BCUT2D eigenvalue weighted by atomic mass is 10.1. The van der Waals surface area contributed by atoms with Crippen LogP contribution in [-0.4, -0.2) is 74.3 Å². The van der Waals surface area contributed by atoms with E-state index in [-0.39, 0.29) is 31.5 Å². The summed E-state index contributed by atoms with van der Waals surface area (Å²) in [7, 11) is 1.47. The van der Waals surface area contributed by atoms with E-state index in [9.17, 15) is 19.0 Å². The number of hydrogen-bond acceptors (Lipinski definition) is 6. The monoisotopic (exact) mass is 976 g/mol. The van der Waals surface area contributed by atoms with Crippen molar-refractivity contribution in [2.75, 3.05) is 40.9 Å². The molecule has 10 heteroatoms. The van der Waals surface area contributed by atoms with Gasteiger partial charge in [0.1, 0.15) is 19.3 Å². The number of unbranched alkanes of at least 4 members (excludes halogenated alkanes) is 28. The van der Waals surface area contributed by atoms with E-state index in [1.807, 2.05) is 33.3 Å². The first-order valence-electron chi connectivity index (χ1n) is 28.1. The number of carbonyl (C=O) groups is 2. The number of carbonyl (C=O) groups excluding carboxylic acids is 2. The molecule has 1 amide bonds. The first kappa shape index (κ1) is 65.7. The summed E-state index contributed by atoms with van der Waals surface area (Å²) in [5.74, 6) is -0.550. The largest absolute Gasteiger partial charge is 0.472 e. The molecule has 0 spiro atoms. The van der Waals surface area contributed by atoms with Crippen molar-refractivity contribution in [3.63, 3.8) is 0 Å². The molecule has 0 aromatic heterocycles. The number of phosphoric acid groups is 1. The quantitative estimate of drug-likeness (QED) is 0.0156. The number of nitrogens with one attached hydrogen (secondary N) is 1. The summed E-state index contributed by atoms with van der Waals surface area (Å²) in [4.78, 5) is 37.5. The van der Waals surface area contributed by atoms with E-state index in [4.69, 9.17) is 13.8 Å². The van der Waals surface area contributed by atoms with Gasteiger partial charge in [0.15, 0.2) is 0 Å². The molecule has 0 aromatic rings. The Morgan fingerprint density at radius 1 is 0.515 bits per heavy atom. The maximum atomic E-state index is 13.5. The van der Waals surface area contributed by atoms with Gasteiger partial charge in [0, 0.05) is 12.8 Å². The highest BCUT2D eigenvalue weighted by Crippen LogP contribution is 2.43. The summed E-state index contributed by atoms with van der Waals surface area (Å²) >= 11 is 0. The van der Waals surface area contributed by atoms with Crippen LogP contribution in [0.4, 0.5) is 0 Å². The second kappa shape index (κ2) is 48.3. The Labute approximate surface area is 420 Å². The van der Waals surface area contributed by atoms with Crippen molar-refractivity contribution in [1.29, 1.82) is 0 Å². The van der Waals surface area contributed by atoms with Crippen molar-refractivity contribution in [3.05, 3.63) is 60.8 Å². The van der Waals surface area contributed by atoms with Crippen molar-refractivity contribution in [3.8, 4) is 0 Å². The summed E-state index contributed by atoms with van der Waals surface area (Å²) in [6, 6.07) is -0.866. The number of phosphoric ester groups is 1. The molecular weight excluding hydrogens is 868 g/mol. The zero-order chi connectivity index (χ0) is 50.1. The van der Waals surface area contributed by atoms with Crippen LogP contribution in [0.5, 0.6) is 0 Å². The van der Waals surface area contributed by atoms with Gasteiger partial charge >= 0.3 is 13.8 Å². The Hall–Kier alpha value is -2.29. The minimum absolute atomic E-state index is 0.0317. The third-order valence-corrected chi connectivity index (χ3v) is 13.2. The van der Waals surface area contributed by atoms with E-state index in [0.717, 1.165) is 83.5 Å². The Morgan fingerprint density at radius 2 is 0.882 bits per heavy atom. The molecule has 0 radical (unpaired) electrons. The molecule has 3 unspecified atom stereocenters. The predicted octanol–water partition coefficient (Wildman–Crippen LogP) is 16.7. The third-order valence-electron chi connectivity index (χ3n) is 12.2. The van der Waals surface area contributed by atoms with Gasteiger partial charge in [-0.1, -0.05) is 210 Å². The Bertz CT molecular complexity index is 1350. The molecule has 9 nitrogen and oxygen atoms in total. The van der Waals surface area contributed by atoms with Crippen LogP contribution in [0, 0.1) is 0 Å². The van der Waals surface area contributed by atoms with E-state index in [1.54, 1.807) is 0 Å². The molecule has 0 rings (SSSR count). The highest BCUT2D eigenvalue weighted by atomic mass is 31.2. The minimum Gasteiger partial charge on any atom is -0.456 e. The van der Waals surface area contributed by atoms with E-state index >= 15 is 0 Å². The smallest absolute Gasteiger partial charge is 0.456 e. The summed E-state index contributed by atoms with van der Waals surface area (Å²) in [5, 5.41) is 3.02. The zero-order valence-electron chi connectivity index (χ0n) is 45.1. The predicted molar refractivity (Wildman–Crippen MR) is 291 cm³/mol. The number of hydrogen-bond donors (Lipinski definition) is 2. The molecule has 0 aliphatic rings. The molecule has 2 N–H and O–H groups in total. The average molecular weight is 976 g/mol. The number of esters is 1. The number of amides is 1. The normalized spacial score (nSPS) is 14.3. The minimum atomic E-state index is -4.45. The second-order valence-electron chi connectivity index (χ2n) is 20.2. The molecule has 396 valence electrons. The number of allylic oxidation sites excluding steroid dienone is 9. The van der Waals surface area contributed by atoms with Gasteiger partial charge < -0.3 is 19.4 Å². The third kappa shape index (κ3) is 48.7. The maximum Gasteiger partial charge on any atom is 0.472 e. The molecule has 0 aromatic carbocycles. The number of rotatable bonds is 50. The first-order valence-corrected chi connectivity index (χ1v) is 29.6. The molecule has 0 aliphatic carbocycles. The first-order chi connectivity index (χ1) is 32.9. The Morgan fingerprint density at radius 3 is 1.34 bits per heavy atom. The standard InChI is InChI=1S/C58H107N2O7P/c1-7-10-13-16-19-22-25-27-29-31-32-35-38-41-44-47-50-57(61)59-55(54-66-68(63,64)65-53-52-60(4,5)6)56(49-46-43-40-37-34-24-21-18-15-12-9-3)67-58(62)51-48-45-42-39-36-33-30-28-26-23-20-17-14-11-8-2/h20,23,26,28-29,31-32,35,46,49,55-56H,7-19,21-22,24-25,27,30,33-34,36-45,47-48,50-54H2,1-6H3,(H-,59,61,63,64)/p+1/b23-20+,28-26+,31-29+,35-32+,49-46+. The molecule has 0 saturated carbocycles. The lowest BCUT2D eigenvalue weighted by Crippen LogP contribution is -2.47. The lowest BCUT2D eigenvalue weighted by molar-refractivity contribution is -0.870. The fourth-order valence-electron chi connectivity index (χ4n) is 7.80. The molecule has 0 fully saturated rings. The SMILES string of the molecule is CCCCC/C=C/C=C/CCCCCCCCC(=O)OC(/C=C/CCCCCCCCCCC)C(COP(=O)(O)OCC[N+](C)(C)C)NC(=O)CCCCC/C=C/C=C/CCCCCCCCC. The van der Waals surface area contributed by atoms with Crippen molar-refractivity contribution in [2.45, 2.75) is 258 Å². The van der Waals surface area contributed by atoms with Crippen LogP contribution in [-0.2, 0) is 27.9 Å². The average Bonchev–Trinajstić information content (AvgIpc) is 3.29. The summed E-state index contributed by atoms with van der Waals surface area (Å²) in [6.07, 6.45) is 59.3. The van der Waals surface area contributed by atoms with Gasteiger partial charge in [0.25, 0.3) is 0 Å². The molecule has 68 heavy (non-hydrogen) atoms. The van der Waals surface area contributed by atoms with E-state index < -0.39 is 20.0 Å². The number of nitrogens with zero attached hydrogens (tertiary/aromatic N) is 1. The highest BCUT2D eigenvalue weighted by Gasteiger charge is 2.30. The molecule has 0 bridgehead atoms. The van der Waals surface area contributed by atoms with Crippen molar-refractivity contribution >= 4 is 19.7 Å². The maximum absolute atomic E-state index is 13.5. The summed E-state index contributed by atoms with van der Waals surface area (Å²) < 4.78 is 30.5. The van der Waals surface area contributed by atoms with Crippen molar-refractivity contribution in [2.24, 2.45) is 0 Å². The van der Waals surface area contributed by atoms with Crippen LogP contribution in [0.2, 0.25) is 0 Å². The van der Waals surface area contributed by atoms with Gasteiger partial charge in [-0.2, -0.15) is 0 Å². The number of likely N-dealkylation sites (N-methyl/N-ethyl adjacent to an activating group) is 1. The van der Waals surface area contributed by atoms with Gasteiger partial charge in [-0.3, -0.25) is 18.6 Å². The fraction of sp³-hybridized carbons (Fsp3) is 0.793. The molecular formula is C58H108N2O7P+. The van der Waals surface area contributed by atoms with Crippen molar-refractivity contribution < 1.29 is 37.3 Å². The molecule has 0 saturated heterocycles. The number of ether oxygens (including phenoxy) is 1. The molecule has 0 aliphatic heterocycles. The fourth-order valence-corrected chi connectivity index (χ4v) is 8.54. The van der Waals surface area contributed by atoms with Crippen LogP contribution in [0.1, 0.15) is 245 Å². The van der Waals surface area contributed by atoms with Gasteiger partial charge in [0.05, 0.1) is 33.8 Å².